The molecule has 3 aromatic rings. The average molecular weight is 409 g/mol. The number of rotatable bonds is 5. The minimum Gasteiger partial charge on any atom is -0.394 e. The number of imidazole rings is 1. The Hall–Kier alpha value is -3.43. The zero-order valence-corrected chi connectivity index (χ0v) is 14.6. The summed E-state index contributed by atoms with van der Waals surface area (Å²) in [6, 6.07) is 0. The Balaban J connectivity index is 1.84. The number of halogens is 1. The Labute approximate surface area is 159 Å². The predicted octanol–water partition coefficient (Wildman–Crippen LogP) is -2.72. The Kier molecular flexibility index (Phi) is 4.69. The van der Waals surface area contributed by atoms with Crippen molar-refractivity contribution in [3.05, 3.63) is 32.7 Å². The molecule has 0 aromatic carbocycles. The number of nitrogens with one attached hydrogen (secondary N) is 2. The summed E-state index contributed by atoms with van der Waals surface area (Å²) < 4.78 is 21.4. The number of aromatic amines is 2. The molecule has 1 aliphatic rings. The van der Waals surface area contributed by atoms with Crippen molar-refractivity contribution in [1.82, 2.24) is 39.7 Å². The van der Waals surface area contributed by atoms with Crippen molar-refractivity contribution in [3.63, 3.8) is 0 Å². The molecule has 29 heavy (non-hydrogen) atoms. The number of fused-ring (bicyclic) bond motifs is 1. The number of alkyl halides is 1. The second-order valence-corrected chi connectivity index (χ2v) is 6.24. The Morgan fingerprint density at radius 2 is 2.17 bits per heavy atom. The third kappa shape index (κ3) is 3.10. The normalized spacial score (nSPS) is 24.8. The van der Waals surface area contributed by atoms with Gasteiger partial charge < -0.3 is 20.7 Å². The van der Waals surface area contributed by atoms with Gasteiger partial charge in [0, 0.05) is 6.54 Å². The maximum atomic E-state index is 14.2. The van der Waals surface area contributed by atoms with Crippen molar-refractivity contribution >= 4 is 23.2 Å². The summed E-state index contributed by atoms with van der Waals surface area (Å²) in [5.41, 5.74) is 3.73. The highest BCUT2D eigenvalue weighted by molar-refractivity contribution is 5.72. The van der Waals surface area contributed by atoms with E-state index < -0.39 is 42.5 Å². The number of hydrogen-bond acceptors (Lipinski definition) is 10. The van der Waals surface area contributed by atoms with Gasteiger partial charge in [-0.05, 0) is 11.3 Å². The van der Waals surface area contributed by atoms with Gasteiger partial charge in [0.15, 0.2) is 29.4 Å². The second-order valence-electron chi connectivity index (χ2n) is 6.24. The van der Waals surface area contributed by atoms with E-state index in [0.29, 0.717) is 0 Å². The van der Waals surface area contributed by atoms with E-state index in [4.69, 9.17) is 10.5 Å². The minimum absolute atomic E-state index is 0.100. The molecule has 14 nitrogen and oxygen atoms in total. The monoisotopic (exact) mass is 409 g/mol. The number of allylic oxidation sites excluding steroid dienone is 1. The molecule has 4 rings (SSSR count). The largest absolute Gasteiger partial charge is 0.394 e. The summed E-state index contributed by atoms with van der Waals surface area (Å²) >= 11 is 0. The van der Waals surface area contributed by atoms with Crippen LogP contribution < -0.4 is 17.0 Å². The van der Waals surface area contributed by atoms with Crippen molar-refractivity contribution in [2.24, 2.45) is 0 Å². The Morgan fingerprint density at radius 1 is 1.38 bits per heavy atom. The first kappa shape index (κ1) is 18.9. The fourth-order valence-electron chi connectivity index (χ4n) is 3.17. The van der Waals surface area contributed by atoms with Crippen LogP contribution in [-0.4, -0.2) is 74.9 Å². The Bertz CT molecular complexity index is 1170. The van der Waals surface area contributed by atoms with Gasteiger partial charge in [-0.3, -0.25) is 14.3 Å². The molecule has 0 spiro atoms. The lowest BCUT2D eigenvalue weighted by Gasteiger charge is -2.15. The maximum Gasteiger partial charge on any atom is 0.333 e. The summed E-state index contributed by atoms with van der Waals surface area (Å²) in [5.74, 6) is -0.0302. The number of H-pyrrole nitrogens is 2. The van der Waals surface area contributed by atoms with Gasteiger partial charge in [0.1, 0.15) is 12.2 Å². The van der Waals surface area contributed by atoms with Crippen LogP contribution >= 0.6 is 0 Å². The van der Waals surface area contributed by atoms with Crippen LogP contribution in [-0.2, 0) is 11.3 Å². The van der Waals surface area contributed by atoms with Crippen molar-refractivity contribution in [3.8, 4) is 0 Å². The summed E-state index contributed by atoms with van der Waals surface area (Å²) in [6.07, 6.45) is -3.59. The van der Waals surface area contributed by atoms with Crippen LogP contribution in [0, 0.1) is 0 Å². The molecule has 0 bridgehead atoms. The lowest BCUT2D eigenvalue weighted by atomic mass is 10.1. The third-order valence-electron chi connectivity index (χ3n) is 4.47. The second kappa shape index (κ2) is 7.19. The van der Waals surface area contributed by atoms with Gasteiger partial charge in [0.2, 0.25) is 5.95 Å². The van der Waals surface area contributed by atoms with Crippen LogP contribution in [0.25, 0.3) is 17.2 Å². The minimum atomic E-state index is -1.94. The van der Waals surface area contributed by atoms with Gasteiger partial charge in [-0.15, -0.1) is 10.2 Å². The summed E-state index contributed by atoms with van der Waals surface area (Å²) in [5, 5.41) is 32.5. The summed E-state index contributed by atoms with van der Waals surface area (Å²) in [6.45, 7) is -0.803. The number of aromatic nitrogens is 8. The van der Waals surface area contributed by atoms with Crippen molar-refractivity contribution in [2.75, 3.05) is 12.3 Å². The molecule has 154 valence electrons. The third-order valence-corrected chi connectivity index (χ3v) is 4.47. The van der Waals surface area contributed by atoms with Gasteiger partial charge in [-0.2, -0.15) is 10.2 Å². The molecular weight excluding hydrogens is 393 g/mol. The van der Waals surface area contributed by atoms with E-state index >= 15 is 0 Å². The highest BCUT2D eigenvalue weighted by Crippen LogP contribution is 2.32. The molecule has 0 unspecified atom stereocenters. The molecule has 15 heteroatoms. The first-order valence-electron chi connectivity index (χ1n) is 8.41. The number of nitrogen functional groups attached to an aromatic ring is 1. The molecule has 4 atom stereocenters. The number of ether oxygens (including phenoxy) is 1. The van der Waals surface area contributed by atoms with E-state index in [-0.39, 0.29) is 29.5 Å². The van der Waals surface area contributed by atoms with Gasteiger partial charge in [-0.25, -0.2) is 13.8 Å². The van der Waals surface area contributed by atoms with Gasteiger partial charge in [0.05, 0.1) is 6.61 Å². The molecule has 1 saturated heterocycles. The van der Waals surface area contributed by atoms with Gasteiger partial charge in [0.25, 0.3) is 5.56 Å². The van der Waals surface area contributed by atoms with Crippen molar-refractivity contribution in [2.45, 2.75) is 31.2 Å². The summed E-state index contributed by atoms with van der Waals surface area (Å²) in [4.78, 5) is 31.7. The average Bonchev–Trinajstić information content (AvgIpc) is 3.36. The molecule has 6 N–H and O–H groups in total. The van der Waals surface area contributed by atoms with Crippen LogP contribution in [0.15, 0.2) is 15.7 Å². The Morgan fingerprint density at radius 3 is 2.83 bits per heavy atom. The first-order chi connectivity index (χ1) is 13.9. The molecule has 4 heterocycles. The highest BCUT2D eigenvalue weighted by atomic mass is 19.1. The zero-order chi connectivity index (χ0) is 20.7. The number of aliphatic hydroxyl groups excluding tert-OH is 2. The number of tetrazole rings is 1. The van der Waals surface area contributed by atoms with E-state index in [9.17, 15) is 24.2 Å². The quantitative estimate of drug-likeness (QED) is 0.294. The van der Waals surface area contributed by atoms with Crippen LogP contribution in [0.1, 0.15) is 12.1 Å². The SMILES string of the molecule is Nc1nc2c(c(=O)[nH]1)n(C/C=C/c1nn[nH]n1)c(=O)n2[C@@H]1O[C@H](CO)[C@@H](F)[C@H]1O. The van der Waals surface area contributed by atoms with Crippen LogP contribution in [0.5, 0.6) is 0 Å². The standard InChI is InChI=1S/C14H16FN9O5/c15-7-5(4-25)29-12(9(7)26)24-10-8(11(27)18-13(16)17-10)23(14(24)28)3-1-2-6-19-21-22-20-6/h1-2,5,7,9,12,25-26H,3-4H2,(H3,16,17,18,27)(H,19,20,21,22)/b2-1+/t5-,7-,9-,12-/m1/s1. The molecule has 0 aliphatic carbocycles. The topological polar surface area (TPSA) is 203 Å². The number of nitrogens with zero attached hydrogens (tertiary/aromatic N) is 6. The molecule has 1 fully saturated rings. The smallest absolute Gasteiger partial charge is 0.333 e. The fraction of sp³-hybridized carbons (Fsp3) is 0.429. The number of nitrogens with two attached hydrogens (primary N) is 1. The van der Waals surface area contributed by atoms with Crippen molar-refractivity contribution < 1.29 is 19.3 Å². The molecule has 0 saturated carbocycles. The molecule has 0 amide bonds. The number of anilines is 1. The zero-order valence-electron chi connectivity index (χ0n) is 14.6. The van der Waals surface area contributed by atoms with Crippen LogP contribution in [0.2, 0.25) is 0 Å². The molecule has 0 radical (unpaired) electrons. The van der Waals surface area contributed by atoms with Gasteiger partial charge >= 0.3 is 5.69 Å². The highest BCUT2D eigenvalue weighted by Gasteiger charge is 2.46. The van der Waals surface area contributed by atoms with E-state index in [1.54, 1.807) is 0 Å². The van der Waals surface area contributed by atoms with E-state index in [2.05, 4.69) is 30.6 Å². The van der Waals surface area contributed by atoms with Crippen LogP contribution in [0.4, 0.5) is 10.3 Å². The van der Waals surface area contributed by atoms with E-state index in [1.165, 1.54) is 12.2 Å². The van der Waals surface area contributed by atoms with E-state index in [0.717, 1.165) is 9.13 Å². The number of aliphatic hydroxyl groups is 2. The lowest BCUT2D eigenvalue weighted by molar-refractivity contribution is -0.0513. The van der Waals surface area contributed by atoms with E-state index in [1.807, 2.05) is 0 Å². The van der Waals surface area contributed by atoms with Gasteiger partial charge in [-0.1, -0.05) is 6.08 Å². The van der Waals surface area contributed by atoms with Crippen LogP contribution in [0.3, 0.4) is 0 Å². The summed E-state index contributed by atoms with van der Waals surface area (Å²) in [7, 11) is 0. The predicted molar refractivity (Wildman–Crippen MR) is 94.1 cm³/mol. The lowest BCUT2D eigenvalue weighted by Crippen LogP contribution is -2.34. The first-order valence-corrected chi connectivity index (χ1v) is 8.41. The fourth-order valence-corrected chi connectivity index (χ4v) is 3.17. The molecule has 3 aromatic heterocycles. The van der Waals surface area contributed by atoms with Crippen molar-refractivity contribution in [1.29, 1.82) is 0 Å². The number of hydrogen-bond donors (Lipinski definition) is 5. The molecule has 1 aliphatic heterocycles. The molecular formula is C14H16FN9O5. The maximum absolute atomic E-state index is 14.2.